The van der Waals surface area contributed by atoms with Gasteiger partial charge in [0.05, 0.1) is 17.0 Å². The second-order valence-electron chi connectivity index (χ2n) is 5.44. The SMILES string of the molecule is CC(C)OCCCn1cc(C(N)=O)c(=O)c2c(N)cccc21. The lowest BCUT2D eigenvalue weighted by Crippen LogP contribution is -2.25. The van der Waals surface area contributed by atoms with Crippen molar-refractivity contribution in [2.24, 2.45) is 5.73 Å². The van der Waals surface area contributed by atoms with Gasteiger partial charge in [0, 0.05) is 25.0 Å². The molecule has 4 N–H and O–H groups in total. The fraction of sp³-hybridized carbons (Fsp3) is 0.375. The number of amides is 1. The lowest BCUT2D eigenvalue weighted by atomic mass is 10.1. The van der Waals surface area contributed by atoms with Gasteiger partial charge in [-0.1, -0.05) is 6.07 Å². The zero-order chi connectivity index (χ0) is 16.3. The summed E-state index contributed by atoms with van der Waals surface area (Å²) in [5.41, 5.74) is 11.8. The number of carbonyl (C=O) groups is 1. The summed E-state index contributed by atoms with van der Waals surface area (Å²) in [5.74, 6) is -0.748. The number of anilines is 1. The largest absolute Gasteiger partial charge is 0.398 e. The van der Waals surface area contributed by atoms with Gasteiger partial charge in [-0.25, -0.2) is 0 Å². The summed E-state index contributed by atoms with van der Waals surface area (Å²) < 4.78 is 7.34. The number of hydrogen-bond donors (Lipinski definition) is 2. The summed E-state index contributed by atoms with van der Waals surface area (Å²) in [4.78, 5) is 23.8. The summed E-state index contributed by atoms with van der Waals surface area (Å²) in [6.45, 7) is 5.15. The average molecular weight is 303 g/mol. The van der Waals surface area contributed by atoms with Gasteiger partial charge in [-0.3, -0.25) is 9.59 Å². The molecule has 0 fully saturated rings. The Hall–Kier alpha value is -2.34. The van der Waals surface area contributed by atoms with Crippen molar-refractivity contribution in [1.29, 1.82) is 0 Å². The van der Waals surface area contributed by atoms with Crippen LogP contribution >= 0.6 is 0 Å². The third kappa shape index (κ3) is 3.28. The topological polar surface area (TPSA) is 100 Å². The summed E-state index contributed by atoms with van der Waals surface area (Å²) >= 11 is 0. The van der Waals surface area contributed by atoms with Crippen molar-refractivity contribution in [3.05, 3.63) is 40.2 Å². The molecule has 0 aliphatic heterocycles. The third-order valence-electron chi connectivity index (χ3n) is 3.40. The first-order valence-corrected chi connectivity index (χ1v) is 7.25. The van der Waals surface area contributed by atoms with Gasteiger partial charge < -0.3 is 20.8 Å². The molecule has 1 amide bonds. The molecule has 0 spiro atoms. The van der Waals surface area contributed by atoms with Gasteiger partial charge >= 0.3 is 0 Å². The van der Waals surface area contributed by atoms with Crippen LogP contribution in [0.15, 0.2) is 29.2 Å². The molecule has 1 heterocycles. The minimum Gasteiger partial charge on any atom is -0.398 e. The van der Waals surface area contributed by atoms with Crippen LogP contribution in [0.25, 0.3) is 10.9 Å². The fourth-order valence-corrected chi connectivity index (χ4v) is 2.38. The smallest absolute Gasteiger partial charge is 0.254 e. The first kappa shape index (κ1) is 16.0. The van der Waals surface area contributed by atoms with Crippen LogP contribution in [0.3, 0.4) is 0 Å². The lowest BCUT2D eigenvalue weighted by molar-refractivity contribution is 0.0750. The van der Waals surface area contributed by atoms with E-state index in [9.17, 15) is 9.59 Å². The highest BCUT2D eigenvalue weighted by atomic mass is 16.5. The van der Waals surface area contributed by atoms with E-state index in [0.29, 0.717) is 29.7 Å². The van der Waals surface area contributed by atoms with Crippen LogP contribution in [0, 0.1) is 0 Å². The van der Waals surface area contributed by atoms with Gasteiger partial charge in [0.1, 0.15) is 5.56 Å². The normalized spacial score (nSPS) is 11.2. The average Bonchev–Trinajstić information content (AvgIpc) is 2.44. The van der Waals surface area contributed by atoms with Gasteiger partial charge in [0.25, 0.3) is 5.91 Å². The molecule has 22 heavy (non-hydrogen) atoms. The highest BCUT2D eigenvalue weighted by Crippen LogP contribution is 2.18. The Balaban J connectivity index is 2.44. The van der Waals surface area contributed by atoms with E-state index in [1.165, 1.54) is 6.20 Å². The van der Waals surface area contributed by atoms with E-state index >= 15 is 0 Å². The van der Waals surface area contributed by atoms with E-state index in [1.54, 1.807) is 18.2 Å². The Morgan fingerprint density at radius 1 is 1.36 bits per heavy atom. The van der Waals surface area contributed by atoms with Gasteiger partial charge in [0.2, 0.25) is 5.43 Å². The maximum absolute atomic E-state index is 12.3. The van der Waals surface area contributed by atoms with Gasteiger partial charge in [-0.15, -0.1) is 0 Å². The number of hydrogen-bond acceptors (Lipinski definition) is 4. The van der Waals surface area contributed by atoms with Gasteiger partial charge in [-0.05, 0) is 32.4 Å². The van der Waals surface area contributed by atoms with E-state index in [1.807, 2.05) is 18.4 Å². The van der Waals surface area contributed by atoms with Crippen LogP contribution < -0.4 is 16.9 Å². The Morgan fingerprint density at radius 2 is 2.09 bits per heavy atom. The number of aromatic nitrogens is 1. The molecule has 118 valence electrons. The molecular weight excluding hydrogens is 282 g/mol. The number of primary amides is 1. The molecular formula is C16H21N3O3. The number of rotatable bonds is 6. The number of aryl methyl sites for hydroxylation is 1. The molecule has 1 aromatic carbocycles. The van der Waals surface area contributed by atoms with E-state index in [0.717, 1.165) is 6.42 Å². The minimum absolute atomic E-state index is 0.0461. The minimum atomic E-state index is -0.748. The lowest BCUT2D eigenvalue weighted by Gasteiger charge is -2.14. The van der Waals surface area contributed by atoms with Crippen molar-refractivity contribution in [3.8, 4) is 0 Å². The van der Waals surface area contributed by atoms with E-state index < -0.39 is 11.3 Å². The number of carbonyl (C=O) groups excluding carboxylic acids is 1. The van der Waals surface area contributed by atoms with Crippen LogP contribution in [-0.4, -0.2) is 23.2 Å². The molecule has 1 aromatic heterocycles. The maximum atomic E-state index is 12.3. The Kier molecular flexibility index (Phi) is 4.82. The van der Waals surface area contributed by atoms with Crippen molar-refractivity contribution < 1.29 is 9.53 Å². The van der Waals surface area contributed by atoms with Crippen molar-refractivity contribution in [2.45, 2.75) is 32.9 Å². The van der Waals surface area contributed by atoms with Crippen LogP contribution in [0.1, 0.15) is 30.6 Å². The third-order valence-corrected chi connectivity index (χ3v) is 3.40. The predicted molar refractivity (Wildman–Crippen MR) is 86.8 cm³/mol. The Labute approximate surface area is 128 Å². The standard InChI is InChI=1S/C16H21N3O3/c1-10(2)22-8-4-7-19-9-11(16(18)21)15(20)14-12(17)5-3-6-13(14)19/h3,5-6,9-10H,4,7-8,17H2,1-2H3,(H2,18,21). The molecule has 0 saturated carbocycles. The predicted octanol–water partition coefficient (Wildman–Crippen LogP) is 1.50. The van der Waals surface area contributed by atoms with Crippen LogP contribution in [-0.2, 0) is 11.3 Å². The molecule has 6 nitrogen and oxygen atoms in total. The maximum Gasteiger partial charge on any atom is 0.254 e. The molecule has 0 radical (unpaired) electrons. The zero-order valence-corrected chi connectivity index (χ0v) is 12.8. The van der Waals surface area contributed by atoms with Crippen molar-refractivity contribution in [2.75, 3.05) is 12.3 Å². The van der Waals surface area contributed by atoms with E-state index in [-0.39, 0.29) is 11.7 Å². The Morgan fingerprint density at radius 3 is 2.73 bits per heavy atom. The molecule has 0 saturated heterocycles. The molecule has 0 bridgehead atoms. The Bertz CT molecular complexity index is 750. The molecule has 2 rings (SSSR count). The van der Waals surface area contributed by atoms with Crippen LogP contribution in [0.5, 0.6) is 0 Å². The van der Waals surface area contributed by atoms with Gasteiger partial charge in [0.15, 0.2) is 0 Å². The first-order valence-electron chi connectivity index (χ1n) is 7.25. The van der Waals surface area contributed by atoms with E-state index in [2.05, 4.69) is 0 Å². The second-order valence-corrected chi connectivity index (χ2v) is 5.44. The quantitative estimate of drug-likeness (QED) is 0.623. The summed E-state index contributed by atoms with van der Waals surface area (Å²) in [6.07, 6.45) is 2.42. The van der Waals surface area contributed by atoms with E-state index in [4.69, 9.17) is 16.2 Å². The number of ether oxygens (including phenoxy) is 1. The summed E-state index contributed by atoms with van der Waals surface area (Å²) in [5, 5.41) is 0.337. The fourth-order valence-electron chi connectivity index (χ4n) is 2.38. The molecule has 0 unspecified atom stereocenters. The number of benzene rings is 1. The molecule has 0 atom stereocenters. The zero-order valence-electron chi connectivity index (χ0n) is 12.8. The number of pyridine rings is 1. The van der Waals surface area contributed by atoms with Crippen LogP contribution in [0.4, 0.5) is 5.69 Å². The first-order chi connectivity index (χ1) is 10.4. The summed E-state index contributed by atoms with van der Waals surface area (Å²) in [6, 6.07) is 5.23. The van der Waals surface area contributed by atoms with Gasteiger partial charge in [-0.2, -0.15) is 0 Å². The van der Waals surface area contributed by atoms with Crippen LogP contribution in [0.2, 0.25) is 0 Å². The number of nitrogen functional groups attached to an aromatic ring is 1. The van der Waals surface area contributed by atoms with Crippen molar-refractivity contribution in [3.63, 3.8) is 0 Å². The number of nitrogens with two attached hydrogens (primary N) is 2. The highest BCUT2D eigenvalue weighted by molar-refractivity contribution is 5.99. The molecule has 2 aromatic rings. The highest BCUT2D eigenvalue weighted by Gasteiger charge is 2.14. The monoisotopic (exact) mass is 303 g/mol. The number of nitrogens with zero attached hydrogens (tertiary/aromatic N) is 1. The summed E-state index contributed by atoms with van der Waals surface area (Å²) in [7, 11) is 0. The molecule has 0 aliphatic carbocycles. The van der Waals surface area contributed by atoms with Crippen molar-refractivity contribution in [1.82, 2.24) is 4.57 Å². The van der Waals surface area contributed by atoms with Crippen molar-refractivity contribution >= 4 is 22.5 Å². The second kappa shape index (κ2) is 6.62. The molecule has 6 heteroatoms. The number of fused-ring (bicyclic) bond motifs is 1. The molecule has 0 aliphatic rings.